The van der Waals surface area contributed by atoms with Crippen molar-refractivity contribution in [3.8, 4) is 0 Å². The van der Waals surface area contributed by atoms with Crippen LogP contribution >= 0.6 is 0 Å². The molecular formula is C19H25NO. The van der Waals surface area contributed by atoms with Crippen LogP contribution in [-0.4, -0.2) is 5.11 Å². The average molecular weight is 283 g/mol. The molecule has 0 saturated heterocycles. The molecule has 2 nitrogen and oxygen atoms in total. The molecule has 2 N–H and O–H groups in total. The Kier molecular flexibility index (Phi) is 5.97. The number of hydrogen-bond acceptors (Lipinski definition) is 2. The molecule has 0 spiro atoms. The van der Waals surface area contributed by atoms with Crippen molar-refractivity contribution in [2.75, 3.05) is 0 Å². The molecule has 1 unspecified atom stereocenters. The molecule has 0 saturated carbocycles. The highest BCUT2D eigenvalue weighted by Gasteiger charge is 2.05. The van der Waals surface area contributed by atoms with Crippen LogP contribution in [0.2, 0.25) is 0 Å². The van der Waals surface area contributed by atoms with Crippen molar-refractivity contribution < 1.29 is 5.11 Å². The number of hydrogen-bond donors (Lipinski definition) is 2. The molecule has 0 aliphatic rings. The zero-order chi connectivity index (χ0) is 15.1. The quantitative estimate of drug-likeness (QED) is 0.805. The summed E-state index contributed by atoms with van der Waals surface area (Å²) in [4.78, 5) is 0. The Morgan fingerprint density at radius 1 is 1.00 bits per heavy atom. The lowest BCUT2D eigenvalue weighted by molar-refractivity contribution is 0.281. The predicted octanol–water partition coefficient (Wildman–Crippen LogP) is 3.98. The summed E-state index contributed by atoms with van der Waals surface area (Å²) >= 11 is 0. The molecule has 2 rings (SSSR count). The van der Waals surface area contributed by atoms with Gasteiger partial charge in [0.2, 0.25) is 0 Å². The monoisotopic (exact) mass is 283 g/mol. The number of aliphatic hydroxyl groups excluding tert-OH is 1. The van der Waals surface area contributed by atoms with Gasteiger partial charge in [0.05, 0.1) is 6.61 Å². The Morgan fingerprint density at radius 2 is 1.71 bits per heavy atom. The second kappa shape index (κ2) is 7.96. The maximum absolute atomic E-state index is 9.17. The SMILES string of the molecule is CCCc1ccc(C(C)NCc2cccc(CO)c2)cc1. The van der Waals surface area contributed by atoms with Gasteiger partial charge in [-0.05, 0) is 35.6 Å². The van der Waals surface area contributed by atoms with E-state index >= 15 is 0 Å². The number of nitrogens with one attached hydrogen (secondary N) is 1. The first-order valence-corrected chi connectivity index (χ1v) is 7.73. The van der Waals surface area contributed by atoms with E-state index in [4.69, 9.17) is 5.11 Å². The zero-order valence-corrected chi connectivity index (χ0v) is 13.0. The van der Waals surface area contributed by atoms with Crippen molar-refractivity contribution in [1.82, 2.24) is 5.32 Å². The fraction of sp³-hybridized carbons (Fsp3) is 0.368. The van der Waals surface area contributed by atoms with Gasteiger partial charge in [-0.25, -0.2) is 0 Å². The van der Waals surface area contributed by atoms with Gasteiger partial charge in [0.15, 0.2) is 0 Å². The van der Waals surface area contributed by atoms with E-state index in [9.17, 15) is 0 Å². The highest BCUT2D eigenvalue weighted by atomic mass is 16.3. The molecule has 0 amide bonds. The molecular weight excluding hydrogens is 258 g/mol. The Balaban J connectivity index is 1.92. The third-order valence-corrected chi connectivity index (χ3v) is 3.80. The van der Waals surface area contributed by atoms with E-state index in [1.807, 2.05) is 18.2 Å². The average Bonchev–Trinajstić information content (AvgIpc) is 2.54. The zero-order valence-electron chi connectivity index (χ0n) is 13.0. The lowest BCUT2D eigenvalue weighted by Crippen LogP contribution is -2.18. The van der Waals surface area contributed by atoms with E-state index in [0.29, 0.717) is 6.04 Å². The maximum Gasteiger partial charge on any atom is 0.0681 e. The van der Waals surface area contributed by atoms with Gasteiger partial charge in [-0.1, -0.05) is 61.9 Å². The minimum absolute atomic E-state index is 0.0995. The second-order valence-electron chi connectivity index (χ2n) is 5.57. The summed E-state index contributed by atoms with van der Waals surface area (Å²) in [6, 6.07) is 17.3. The summed E-state index contributed by atoms with van der Waals surface area (Å²) < 4.78 is 0. The second-order valence-corrected chi connectivity index (χ2v) is 5.57. The van der Waals surface area contributed by atoms with Gasteiger partial charge >= 0.3 is 0 Å². The maximum atomic E-state index is 9.17. The number of aryl methyl sites for hydroxylation is 1. The van der Waals surface area contributed by atoms with Crippen LogP contribution in [0.1, 0.15) is 48.6 Å². The van der Waals surface area contributed by atoms with E-state index in [2.05, 4.69) is 49.5 Å². The van der Waals surface area contributed by atoms with E-state index < -0.39 is 0 Å². The molecule has 2 aromatic carbocycles. The Hall–Kier alpha value is -1.64. The van der Waals surface area contributed by atoms with Gasteiger partial charge in [-0.15, -0.1) is 0 Å². The van der Waals surface area contributed by atoms with Gasteiger partial charge < -0.3 is 10.4 Å². The first-order valence-electron chi connectivity index (χ1n) is 7.73. The van der Waals surface area contributed by atoms with Crippen molar-refractivity contribution in [3.05, 3.63) is 70.8 Å². The van der Waals surface area contributed by atoms with Crippen LogP contribution in [0.3, 0.4) is 0 Å². The largest absolute Gasteiger partial charge is 0.392 e. The van der Waals surface area contributed by atoms with Crippen molar-refractivity contribution in [1.29, 1.82) is 0 Å². The van der Waals surface area contributed by atoms with Crippen molar-refractivity contribution in [3.63, 3.8) is 0 Å². The normalized spacial score (nSPS) is 12.3. The van der Waals surface area contributed by atoms with Crippen molar-refractivity contribution >= 4 is 0 Å². The third kappa shape index (κ3) is 4.69. The van der Waals surface area contributed by atoms with Crippen LogP contribution in [0.5, 0.6) is 0 Å². The molecule has 0 fully saturated rings. The molecule has 0 bridgehead atoms. The summed E-state index contributed by atoms with van der Waals surface area (Å²) in [6.07, 6.45) is 2.34. The van der Waals surface area contributed by atoms with E-state index in [1.165, 1.54) is 23.1 Å². The highest BCUT2D eigenvalue weighted by Crippen LogP contribution is 2.15. The summed E-state index contributed by atoms with van der Waals surface area (Å²) in [7, 11) is 0. The molecule has 1 atom stereocenters. The van der Waals surface area contributed by atoms with E-state index in [1.54, 1.807) is 0 Å². The topological polar surface area (TPSA) is 32.3 Å². The summed E-state index contributed by atoms with van der Waals surface area (Å²) in [5.74, 6) is 0. The van der Waals surface area contributed by atoms with Gasteiger partial charge in [0.1, 0.15) is 0 Å². The molecule has 0 aliphatic heterocycles. The molecule has 2 aromatic rings. The van der Waals surface area contributed by atoms with Crippen LogP contribution in [0.15, 0.2) is 48.5 Å². The van der Waals surface area contributed by atoms with Crippen LogP contribution in [0.4, 0.5) is 0 Å². The van der Waals surface area contributed by atoms with Gasteiger partial charge in [0, 0.05) is 12.6 Å². The Morgan fingerprint density at radius 3 is 2.38 bits per heavy atom. The van der Waals surface area contributed by atoms with Gasteiger partial charge in [0.25, 0.3) is 0 Å². The molecule has 0 radical (unpaired) electrons. The number of benzene rings is 2. The van der Waals surface area contributed by atoms with Crippen LogP contribution in [-0.2, 0) is 19.6 Å². The molecule has 0 aliphatic carbocycles. The van der Waals surface area contributed by atoms with Gasteiger partial charge in [-0.3, -0.25) is 0 Å². The van der Waals surface area contributed by atoms with Crippen LogP contribution in [0, 0.1) is 0 Å². The Labute approximate surface area is 127 Å². The lowest BCUT2D eigenvalue weighted by Gasteiger charge is -2.15. The molecule has 112 valence electrons. The van der Waals surface area contributed by atoms with E-state index in [-0.39, 0.29) is 6.61 Å². The summed E-state index contributed by atoms with van der Waals surface area (Å²) in [5, 5.41) is 12.7. The first kappa shape index (κ1) is 15.7. The highest BCUT2D eigenvalue weighted by molar-refractivity contribution is 5.26. The van der Waals surface area contributed by atoms with Crippen LogP contribution in [0.25, 0.3) is 0 Å². The third-order valence-electron chi connectivity index (χ3n) is 3.80. The summed E-state index contributed by atoms with van der Waals surface area (Å²) in [6.45, 7) is 5.30. The first-order chi connectivity index (χ1) is 10.2. The summed E-state index contributed by atoms with van der Waals surface area (Å²) in [5.41, 5.74) is 4.89. The Bertz CT molecular complexity index is 548. The smallest absolute Gasteiger partial charge is 0.0681 e. The molecule has 2 heteroatoms. The van der Waals surface area contributed by atoms with Crippen LogP contribution < -0.4 is 5.32 Å². The minimum atomic E-state index is 0.0995. The van der Waals surface area contributed by atoms with E-state index in [0.717, 1.165) is 18.5 Å². The van der Waals surface area contributed by atoms with Crippen molar-refractivity contribution in [2.45, 2.75) is 45.9 Å². The van der Waals surface area contributed by atoms with Crippen molar-refractivity contribution in [2.24, 2.45) is 0 Å². The number of rotatable bonds is 7. The lowest BCUT2D eigenvalue weighted by atomic mass is 10.0. The molecule has 21 heavy (non-hydrogen) atoms. The minimum Gasteiger partial charge on any atom is -0.392 e. The standard InChI is InChI=1S/C19H25NO/c1-3-5-16-8-10-19(11-9-16)15(2)20-13-17-6-4-7-18(12-17)14-21/h4,6-12,15,20-21H,3,5,13-14H2,1-2H3. The fourth-order valence-corrected chi connectivity index (χ4v) is 2.49. The number of aliphatic hydroxyl groups is 1. The van der Waals surface area contributed by atoms with Gasteiger partial charge in [-0.2, -0.15) is 0 Å². The fourth-order valence-electron chi connectivity index (χ4n) is 2.49. The predicted molar refractivity (Wildman–Crippen MR) is 88.1 cm³/mol. The molecule has 0 heterocycles. The molecule has 0 aromatic heterocycles.